The molecule has 0 amide bonds. The van der Waals surface area contributed by atoms with Gasteiger partial charge in [0.25, 0.3) is 0 Å². The molecule has 0 aromatic heterocycles. The fraction of sp³-hybridized carbons (Fsp3) is 0.562. The Balaban J connectivity index is 2.12. The Morgan fingerprint density at radius 2 is 2.14 bits per heavy atom. The summed E-state index contributed by atoms with van der Waals surface area (Å²) in [5.41, 5.74) is 1.74. The van der Waals surface area contributed by atoms with E-state index < -0.39 is 10.0 Å². The molecule has 2 rings (SSSR count). The number of ketones is 1. The van der Waals surface area contributed by atoms with Crippen LogP contribution in [0.3, 0.4) is 0 Å². The van der Waals surface area contributed by atoms with Gasteiger partial charge in [0.2, 0.25) is 10.0 Å². The zero-order valence-electron chi connectivity index (χ0n) is 12.7. The van der Waals surface area contributed by atoms with Gasteiger partial charge in [-0.15, -0.1) is 0 Å². The molecule has 4 nitrogen and oxygen atoms in total. The lowest BCUT2D eigenvalue weighted by atomic mass is 9.90. The Hall–Kier alpha value is -1.20. The van der Waals surface area contributed by atoms with Crippen LogP contribution >= 0.6 is 0 Å². The molecule has 0 saturated carbocycles. The third kappa shape index (κ3) is 3.92. The Morgan fingerprint density at radius 3 is 2.81 bits per heavy atom. The topological polar surface area (TPSA) is 54.5 Å². The zero-order valence-corrected chi connectivity index (χ0v) is 13.5. The van der Waals surface area contributed by atoms with Gasteiger partial charge in [0, 0.05) is 24.6 Å². The molecule has 21 heavy (non-hydrogen) atoms. The summed E-state index contributed by atoms with van der Waals surface area (Å²) in [6, 6.07) is 7.52. The van der Waals surface area contributed by atoms with Crippen molar-refractivity contribution in [2.24, 2.45) is 5.92 Å². The summed E-state index contributed by atoms with van der Waals surface area (Å²) < 4.78 is 25.8. The van der Waals surface area contributed by atoms with Crippen LogP contribution in [-0.2, 0) is 10.0 Å². The summed E-state index contributed by atoms with van der Waals surface area (Å²) in [7, 11) is -3.21. The first-order chi connectivity index (χ1) is 9.94. The SMILES string of the molecule is CCCS(=O)(=O)N1CCCC(C(=O)c2cccc(C)c2)C1. The average Bonchev–Trinajstić information content (AvgIpc) is 2.46. The van der Waals surface area contributed by atoms with E-state index in [0.717, 1.165) is 18.4 Å². The van der Waals surface area contributed by atoms with Crippen molar-refractivity contribution in [3.63, 3.8) is 0 Å². The van der Waals surface area contributed by atoms with Gasteiger partial charge < -0.3 is 0 Å². The van der Waals surface area contributed by atoms with E-state index >= 15 is 0 Å². The number of hydrogen-bond acceptors (Lipinski definition) is 3. The standard InChI is InChI=1S/C16H23NO3S/c1-3-10-21(19,20)17-9-5-8-15(12-17)16(18)14-7-4-6-13(2)11-14/h4,6-7,11,15H,3,5,8-10,12H2,1-2H3. The van der Waals surface area contributed by atoms with Gasteiger partial charge in [-0.05, 0) is 32.3 Å². The molecule has 1 aliphatic heterocycles. The molecule has 1 aliphatic rings. The number of aryl methyl sites for hydroxylation is 1. The Bertz CT molecular complexity index is 610. The van der Waals surface area contributed by atoms with Crippen LogP contribution in [0.2, 0.25) is 0 Å². The molecule has 1 saturated heterocycles. The van der Waals surface area contributed by atoms with Gasteiger partial charge in [0.05, 0.1) is 5.75 Å². The number of carbonyl (C=O) groups excluding carboxylic acids is 1. The van der Waals surface area contributed by atoms with Crippen molar-refractivity contribution in [2.75, 3.05) is 18.8 Å². The lowest BCUT2D eigenvalue weighted by Gasteiger charge is -2.31. The highest BCUT2D eigenvalue weighted by molar-refractivity contribution is 7.89. The summed E-state index contributed by atoms with van der Waals surface area (Å²) >= 11 is 0. The number of nitrogens with zero attached hydrogens (tertiary/aromatic N) is 1. The van der Waals surface area contributed by atoms with Crippen LogP contribution in [0, 0.1) is 12.8 Å². The average molecular weight is 309 g/mol. The lowest BCUT2D eigenvalue weighted by Crippen LogP contribution is -2.43. The summed E-state index contributed by atoms with van der Waals surface area (Å²) in [4.78, 5) is 12.6. The molecular formula is C16H23NO3S. The van der Waals surface area contributed by atoms with Crippen molar-refractivity contribution in [1.82, 2.24) is 4.31 Å². The fourth-order valence-electron chi connectivity index (χ4n) is 2.83. The van der Waals surface area contributed by atoms with Crippen LogP contribution in [0.1, 0.15) is 42.1 Å². The van der Waals surface area contributed by atoms with Crippen molar-refractivity contribution in [1.29, 1.82) is 0 Å². The molecule has 1 fully saturated rings. The predicted octanol–water partition coefficient (Wildman–Crippen LogP) is 2.63. The molecule has 1 aromatic rings. The van der Waals surface area contributed by atoms with E-state index in [2.05, 4.69) is 0 Å². The molecular weight excluding hydrogens is 286 g/mol. The van der Waals surface area contributed by atoms with Crippen LogP contribution in [0.4, 0.5) is 0 Å². The van der Waals surface area contributed by atoms with Gasteiger partial charge in [0.15, 0.2) is 5.78 Å². The van der Waals surface area contributed by atoms with E-state index in [4.69, 9.17) is 0 Å². The maximum atomic E-state index is 12.6. The van der Waals surface area contributed by atoms with E-state index in [1.165, 1.54) is 4.31 Å². The molecule has 1 heterocycles. The van der Waals surface area contributed by atoms with E-state index in [9.17, 15) is 13.2 Å². The predicted molar refractivity (Wildman–Crippen MR) is 83.9 cm³/mol. The molecule has 116 valence electrons. The lowest BCUT2D eigenvalue weighted by molar-refractivity contribution is 0.0872. The number of sulfonamides is 1. The normalized spacial score (nSPS) is 20.4. The second-order valence-corrected chi connectivity index (χ2v) is 7.84. The van der Waals surface area contributed by atoms with Crippen molar-refractivity contribution in [3.05, 3.63) is 35.4 Å². The molecule has 1 unspecified atom stereocenters. The highest BCUT2D eigenvalue weighted by atomic mass is 32.2. The maximum Gasteiger partial charge on any atom is 0.214 e. The number of benzene rings is 1. The van der Waals surface area contributed by atoms with Crippen LogP contribution in [0.15, 0.2) is 24.3 Å². The number of carbonyl (C=O) groups is 1. The van der Waals surface area contributed by atoms with Gasteiger partial charge in [-0.2, -0.15) is 0 Å². The van der Waals surface area contributed by atoms with Gasteiger partial charge in [-0.25, -0.2) is 12.7 Å². The highest BCUT2D eigenvalue weighted by Crippen LogP contribution is 2.23. The number of Topliss-reactive ketones (excluding diaryl/α,β-unsaturated/α-hetero) is 1. The molecule has 0 N–H and O–H groups in total. The summed E-state index contributed by atoms with van der Waals surface area (Å²) in [5, 5.41) is 0. The largest absolute Gasteiger partial charge is 0.294 e. The Labute approximate surface area is 127 Å². The summed E-state index contributed by atoms with van der Waals surface area (Å²) in [6.07, 6.45) is 2.13. The van der Waals surface area contributed by atoms with Gasteiger partial charge in [0.1, 0.15) is 0 Å². The molecule has 1 atom stereocenters. The molecule has 1 aromatic carbocycles. The summed E-state index contributed by atoms with van der Waals surface area (Å²) in [6.45, 7) is 4.68. The maximum absolute atomic E-state index is 12.6. The van der Waals surface area contributed by atoms with E-state index in [-0.39, 0.29) is 17.5 Å². The first kappa shape index (κ1) is 16.2. The quantitative estimate of drug-likeness (QED) is 0.786. The third-order valence-corrected chi connectivity index (χ3v) is 5.96. The zero-order chi connectivity index (χ0) is 15.5. The van der Waals surface area contributed by atoms with Crippen LogP contribution in [0.25, 0.3) is 0 Å². The Morgan fingerprint density at radius 1 is 1.38 bits per heavy atom. The second-order valence-electron chi connectivity index (χ2n) is 5.75. The van der Waals surface area contributed by atoms with Gasteiger partial charge in [-0.3, -0.25) is 4.79 Å². The van der Waals surface area contributed by atoms with Crippen molar-refractivity contribution in [2.45, 2.75) is 33.1 Å². The number of hydrogen-bond donors (Lipinski definition) is 0. The molecule has 5 heteroatoms. The van der Waals surface area contributed by atoms with Crippen molar-refractivity contribution in [3.8, 4) is 0 Å². The highest BCUT2D eigenvalue weighted by Gasteiger charge is 2.32. The molecule has 0 spiro atoms. The monoisotopic (exact) mass is 309 g/mol. The minimum absolute atomic E-state index is 0.0649. The van der Waals surface area contributed by atoms with E-state index in [0.29, 0.717) is 25.1 Å². The van der Waals surface area contributed by atoms with Crippen molar-refractivity contribution >= 4 is 15.8 Å². The minimum atomic E-state index is -3.21. The van der Waals surface area contributed by atoms with E-state index in [1.807, 2.05) is 38.1 Å². The second kappa shape index (κ2) is 6.71. The minimum Gasteiger partial charge on any atom is -0.294 e. The number of piperidine rings is 1. The van der Waals surface area contributed by atoms with Gasteiger partial charge in [-0.1, -0.05) is 30.7 Å². The van der Waals surface area contributed by atoms with Crippen LogP contribution in [0.5, 0.6) is 0 Å². The molecule has 0 bridgehead atoms. The molecule has 0 radical (unpaired) electrons. The van der Waals surface area contributed by atoms with Gasteiger partial charge >= 0.3 is 0 Å². The van der Waals surface area contributed by atoms with Crippen molar-refractivity contribution < 1.29 is 13.2 Å². The van der Waals surface area contributed by atoms with Crippen LogP contribution in [-0.4, -0.2) is 37.3 Å². The first-order valence-corrected chi connectivity index (χ1v) is 9.13. The first-order valence-electron chi connectivity index (χ1n) is 7.52. The third-order valence-electron chi connectivity index (χ3n) is 3.91. The summed E-state index contributed by atoms with van der Waals surface area (Å²) in [5.74, 6) is 0.0144. The van der Waals surface area contributed by atoms with Crippen LogP contribution < -0.4 is 0 Å². The fourth-order valence-corrected chi connectivity index (χ4v) is 4.42. The number of rotatable bonds is 5. The van der Waals surface area contributed by atoms with E-state index in [1.54, 1.807) is 0 Å². The Kier molecular flexibility index (Phi) is 5.17. The molecule has 0 aliphatic carbocycles. The smallest absolute Gasteiger partial charge is 0.214 e.